The Labute approximate surface area is 147 Å². The third kappa shape index (κ3) is 5.15. The molecule has 0 aromatic heterocycles. The Morgan fingerprint density at radius 2 is 1.84 bits per heavy atom. The van der Waals surface area contributed by atoms with E-state index in [2.05, 4.69) is 10.9 Å². The van der Waals surface area contributed by atoms with E-state index in [9.17, 15) is 18.4 Å². The number of carbonyl (C=O) groups is 2. The predicted octanol–water partition coefficient (Wildman–Crippen LogP) is 3.02. The summed E-state index contributed by atoms with van der Waals surface area (Å²) >= 11 is 5.84. The number of rotatable bonds is 5. The van der Waals surface area contributed by atoms with Gasteiger partial charge in [0.05, 0.1) is 12.7 Å². The van der Waals surface area contributed by atoms with Gasteiger partial charge in [0.2, 0.25) is 5.91 Å². The van der Waals surface area contributed by atoms with Crippen LogP contribution < -0.4 is 15.6 Å². The normalized spacial score (nSPS) is 10.2. The third-order valence-electron chi connectivity index (χ3n) is 3.35. The molecule has 0 saturated heterocycles. The smallest absolute Gasteiger partial charge is 0.273 e. The lowest BCUT2D eigenvalue weighted by Gasteiger charge is -2.10. The number of aryl methyl sites for hydroxylation is 1. The third-order valence-corrected chi connectivity index (χ3v) is 3.58. The second kappa shape index (κ2) is 8.43. The van der Waals surface area contributed by atoms with Crippen LogP contribution in [0.1, 0.15) is 22.3 Å². The maximum absolute atomic E-state index is 13.1. The van der Waals surface area contributed by atoms with Crippen molar-refractivity contribution in [3.8, 4) is 5.75 Å². The minimum Gasteiger partial charge on any atom is -0.496 e. The molecule has 0 aliphatic heterocycles. The van der Waals surface area contributed by atoms with Crippen molar-refractivity contribution in [1.29, 1.82) is 0 Å². The van der Waals surface area contributed by atoms with Crippen LogP contribution in [0.25, 0.3) is 0 Å². The molecule has 2 aromatic rings. The zero-order valence-electron chi connectivity index (χ0n) is 13.2. The molecular formula is C17H15ClF2N2O3. The first kappa shape index (κ1) is 18.7. The van der Waals surface area contributed by atoms with Crippen molar-refractivity contribution in [3.63, 3.8) is 0 Å². The van der Waals surface area contributed by atoms with Gasteiger partial charge in [-0.05, 0) is 42.3 Å². The monoisotopic (exact) mass is 368 g/mol. The standard InChI is InChI=1S/C17H15ClF2N2O3/c1-25-15-6-4-11(18)9-12(15)17(24)22-21-16(23)7-3-10-2-5-13(19)14(20)8-10/h2,4-6,8-9H,3,7H2,1H3,(H,21,23)(H,22,24). The Hall–Kier alpha value is -2.67. The molecule has 0 aliphatic carbocycles. The molecule has 2 aromatic carbocycles. The van der Waals surface area contributed by atoms with Gasteiger partial charge in [-0.2, -0.15) is 0 Å². The summed E-state index contributed by atoms with van der Waals surface area (Å²) in [6, 6.07) is 7.91. The minimum atomic E-state index is -0.973. The van der Waals surface area contributed by atoms with Crippen molar-refractivity contribution in [2.75, 3.05) is 7.11 Å². The molecule has 8 heteroatoms. The van der Waals surface area contributed by atoms with Crippen LogP contribution >= 0.6 is 11.6 Å². The highest BCUT2D eigenvalue weighted by molar-refractivity contribution is 6.31. The summed E-state index contributed by atoms with van der Waals surface area (Å²) in [6.07, 6.45) is 0.178. The average molecular weight is 369 g/mol. The molecular weight excluding hydrogens is 354 g/mol. The SMILES string of the molecule is COc1ccc(Cl)cc1C(=O)NNC(=O)CCc1ccc(F)c(F)c1. The van der Waals surface area contributed by atoms with Crippen molar-refractivity contribution in [1.82, 2.24) is 10.9 Å². The maximum atomic E-state index is 13.1. The largest absolute Gasteiger partial charge is 0.496 e. The number of halogens is 3. The van der Waals surface area contributed by atoms with Crippen LogP contribution in [0.4, 0.5) is 8.78 Å². The van der Waals surface area contributed by atoms with E-state index >= 15 is 0 Å². The van der Waals surface area contributed by atoms with Gasteiger partial charge < -0.3 is 4.74 Å². The van der Waals surface area contributed by atoms with Gasteiger partial charge in [0.25, 0.3) is 5.91 Å². The van der Waals surface area contributed by atoms with Gasteiger partial charge in [-0.25, -0.2) is 8.78 Å². The van der Waals surface area contributed by atoms with Crippen molar-refractivity contribution in [2.24, 2.45) is 0 Å². The van der Waals surface area contributed by atoms with Gasteiger partial charge in [-0.3, -0.25) is 20.4 Å². The zero-order valence-corrected chi connectivity index (χ0v) is 14.0. The highest BCUT2D eigenvalue weighted by Gasteiger charge is 2.14. The molecule has 0 atom stereocenters. The average Bonchev–Trinajstić information content (AvgIpc) is 2.60. The number of nitrogens with one attached hydrogen (secondary N) is 2. The van der Waals surface area contributed by atoms with E-state index in [0.717, 1.165) is 12.1 Å². The Kier molecular flexibility index (Phi) is 6.30. The van der Waals surface area contributed by atoms with Gasteiger partial charge >= 0.3 is 0 Å². The Morgan fingerprint density at radius 1 is 1.08 bits per heavy atom. The van der Waals surface area contributed by atoms with E-state index in [4.69, 9.17) is 16.3 Å². The van der Waals surface area contributed by atoms with Crippen LogP contribution in [0.5, 0.6) is 5.75 Å². The van der Waals surface area contributed by atoms with Gasteiger partial charge in [0.1, 0.15) is 5.75 Å². The fraction of sp³-hybridized carbons (Fsp3) is 0.176. The van der Waals surface area contributed by atoms with Crippen molar-refractivity contribution in [3.05, 3.63) is 64.2 Å². The topological polar surface area (TPSA) is 67.4 Å². The lowest BCUT2D eigenvalue weighted by Crippen LogP contribution is -2.41. The number of ether oxygens (including phenoxy) is 1. The Morgan fingerprint density at radius 3 is 2.52 bits per heavy atom. The number of hydrogen-bond acceptors (Lipinski definition) is 3. The summed E-state index contributed by atoms with van der Waals surface area (Å²) in [5, 5.41) is 0.343. The van der Waals surface area contributed by atoms with Crippen LogP contribution in [-0.4, -0.2) is 18.9 Å². The minimum absolute atomic E-state index is 0.0158. The first-order valence-corrected chi connectivity index (χ1v) is 7.65. The van der Waals surface area contributed by atoms with Gasteiger partial charge in [-0.15, -0.1) is 0 Å². The molecule has 2 amide bonds. The summed E-state index contributed by atoms with van der Waals surface area (Å²) in [6.45, 7) is 0. The molecule has 25 heavy (non-hydrogen) atoms. The van der Waals surface area contributed by atoms with Crippen molar-refractivity contribution in [2.45, 2.75) is 12.8 Å². The van der Waals surface area contributed by atoms with E-state index in [1.165, 1.54) is 25.3 Å². The van der Waals surface area contributed by atoms with E-state index in [0.29, 0.717) is 16.3 Å². The molecule has 2 rings (SSSR count). The van der Waals surface area contributed by atoms with Gasteiger partial charge in [0, 0.05) is 11.4 Å². The first-order valence-electron chi connectivity index (χ1n) is 7.27. The van der Waals surface area contributed by atoms with E-state index in [1.807, 2.05) is 0 Å². The van der Waals surface area contributed by atoms with Crippen LogP contribution in [0.2, 0.25) is 5.02 Å². The second-order valence-electron chi connectivity index (χ2n) is 5.10. The quantitative estimate of drug-likeness (QED) is 0.797. The second-order valence-corrected chi connectivity index (χ2v) is 5.53. The first-order chi connectivity index (χ1) is 11.9. The molecule has 0 unspecified atom stereocenters. The lowest BCUT2D eigenvalue weighted by molar-refractivity contribution is -0.121. The van der Waals surface area contributed by atoms with E-state index in [-0.39, 0.29) is 18.4 Å². The maximum Gasteiger partial charge on any atom is 0.273 e. The molecule has 5 nitrogen and oxygen atoms in total. The molecule has 0 heterocycles. The number of benzene rings is 2. The van der Waals surface area contributed by atoms with E-state index in [1.54, 1.807) is 6.07 Å². The molecule has 0 bridgehead atoms. The van der Waals surface area contributed by atoms with Gasteiger partial charge in [0.15, 0.2) is 11.6 Å². The van der Waals surface area contributed by atoms with Crippen LogP contribution in [0.15, 0.2) is 36.4 Å². The molecule has 0 saturated carbocycles. The number of hydrazine groups is 1. The summed E-state index contributed by atoms with van der Waals surface area (Å²) < 4.78 is 31.0. The summed E-state index contributed by atoms with van der Waals surface area (Å²) in [5.74, 6) is -2.70. The highest BCUT2D eigenvalue weighted by atomic mass is 35.5. The van der Waals surface area contributed by atoms with Gasteiger partial charge in [-0.1, -0.05) is 17.7 Å². The van der Waals surface area contributed by atoms with E-state index < -0.39 is 23.4 Å². The number of carbonyl (C=O) groups excluding carboxylic acids is 2. The predicted molar refractivity (Wildman–Crippen MR) is 88.3 cm³/mol. The number of methoxy groups -OCH3 is 1. The highest BCUT2D eigenvalue weighted by Crippen LogP contribution is 2.22. The Bertz CT molecular complexity index is 799. The molecule has 132 valence electrons. The molecule has 0 radical (unpaired) electrons. The van der Waals surface area contributed by atoms with Crippen LogP contribution in [0, 0.1) is 11.6 Å². The number of amides is 2. The summed E-state index contributed by atoms with van der Waals surface area (Å²) in [5.41, 5.74) is 5.12. The molecule has 2 N–H and O–H groups in total. The zero-order chi connectivity index (χ0) is 18.4. The van der Waals surface area contributed by atoms with Crippen LogP contribution in [-0.2, 0) is 11.2 Å². The molecule has 0 aliphatic rings. The van der Waals surface area contributed by atoms with Crippen molar-refractivity contribution < 1.29 is 23.1 Å². The molecule has 0 spiro atoms. The van der Waals surface area contributed by atoms with Crippen molar-refractivity contribution >= 4 is 23.4 Å². The Balaban J connectivity index is 1.88. The number of hydrogen-bond donors (Lipinski definition) is 2. The summed E-state index contributed by atoms with van der Waals surface area (Å²) in [7, 11) is 1.40. The summed E-state index contributed by atoms with van der Waals surface area (Å²) in [4.78, 5) is 23.9. The lowest BCUT2D eigenvalue weighted by atomic mass is 10.1. The fourth-order valence-corrected chi connectivity index (χ4v) is 2.24. The van der Waals surface area contributed by atoms with Crippen LogP contribution in [0.3, 0.4) is 0 Å². The fourth-order valence-electron chi connectivity index (χ4n) is 2.07. The molecule has 0 fully saturated rings.